The molecule has 0 radical (unpaired) electrons. The molecule has 2 heteroatoms. The molecular weight excluding hydrogens is 220 g/mol. The van der Waals surface area contributed by atoms with E-state index in [0.29, 0.717) is 11.8 Å². The lowest BCUT2D eigenvalue weighted by Crippen LogP contribution is -2.09. The molecule has 0 fully saturated rings. The number of nitrogens with two attached hydrogens (primary N) is 2. The maximum absolute atomic E-state index is 6.28. The summed E-state index contributed by atoms with van der Waals surface area (Å²) in [6.45, 7) is 10.7. The maximum Gasteiger partial charge on any atom is 0.0443 e. The first-order chi connectivity index (χ1) is 8.38. The zero-order valence-electron chi connectivity index (χ0n) is 12.2. The van der Waals surface area contributed by atoms with Gasteiger partial charge in [0.25, 0.3) is 0 Å². The van der Waals surface area contributed by atoms with Gasteiger partial charge in [-0.3, -0.25) is 0 Å². The zero-order valence-corrected chi connectivity index (χ0v) is 12.2. The van der Waals surface area contributed by atoms with Crippen LogP contribution in [-0.4, -0.2) is 0 Å². The van der Waals surface area contributed by atoms with E-state index in [4.69, 9.17) is 11.5 Å². The van der Waals surface area contributed by atoms with Crippen molar-refractivity contribution in [2.45, 2.75) is 47.0 Å². The quantitative estimate of drug-likeness (QED) is 0.776. The largest absolute Gasteiger partial charge is 0.398 e. The molecule has 0 heterocycles. The molecule has 18 heavy (non-hydrogen) atoms. The van der Waals surface area contributed by atoms with Crippen molar-refractivity contribution in [2.75, 3.05) is 11.5 Å². The maximum atomic E-state index is 6.28. The summed E-state index contributed by atoms with van der Waals surface area (Å²) in [4.78, 5) is 0. The number of aryl methyl sites for hydroxylation is 1. The fraction of sp³-hybridized carbons (Fsp3) is 0.500. The zero-order chi connectivity index (χ0) is 13.9. The summed E-state index contributed by atoms with van der Waals surface area (Å²) in [7, 11) is 0. The van der Waals surface area contributed by atoms with Gasteiger partial charge in [0.1, 0.15) is 0 Å². The van der Waals surface area contributed by atoms with Gasteiger partial charge in [-0.15, -0.1) is 0 Å². The molecule has 0 saturated carbocycles. The Balaban J connectivity index is 3.32. The Labute approximate surface area is 111 Å². The third kappa shape index (κ3) is 3.06. The van der Waals surface area contributed by atoms with Gasteiger partial charge < -0.3 is 11.5 Å². The molecule has 1 atom stereocenters. The molecule has 1 unspecified atom stereocenters. The normalized spacial score (nSPS) is 13.4. The number of hydrogen-bond acceptors (Lipinski definition) is 2. The second-order valence-electron chi connectivity index (χ2n) is 5.55. The SMILES string of the molecule is CC=Cc1cc(C)c(N)c(C(C)CC(C)C)c1N. The molecule has 0 aliphatic heterocycles. The third-order valence-electron chi connectivity index (χ3n) is 3.35. The van der Waals surface area contributed by atoms with Gasteiger partial charge >= 0.3 is 0 Å². The van der Waals surface area contributed by atoms with E-state index in [1.807, 2.05) is 26.0 Å². The van der Waals surface area contributed by atoms with Crippen molar-refractivity contribution < 1.29 is 0 Å². The van der Waals surface area contributed by atoms with Crippen LogP contribution < -0.4 is 11.5 Å². The van der Waals surface area contributed by atoms with E-state index in [-0.39, 0.29) is 0 Å². The summed E-state index contributed by atoms with van der Waals surface area (Å²) in [5, 5.41) is 0. The predicted molar refractivity (Wildman–Crippen MR) is 82.6 cm³/mol. The van der Waals surface area contributed by atoms with Gasteiger partial charge in [-0.2, -0.15) is 0 Å². The first-order valence-electron chi connectivity index (χ1n) is 6.69. The third-order valence-corrected chi connectivity index (χ3v) is 3.35. The highest BCUT2D eigenvalue weighted by molar-refractivity contribution is 5.76. The van der Waals surface area contributed by atoms with E-state index in [1.54, 1.807) is 0 Å². The van der Waals surface area contributed by atoms with Crippen LogP contribution in [0.1, 0.15) is 56.7 Å². The first kappa shape index (κ1) is 14.6. The van der Waals surface area contributed by atoms with E-state index in [0.717, 1.165) is 34.5 Å². The van der Waals surface area contributed by atoms with Gasteiger partial charge in [0, 0.05) is 16.9 Å². The van der Waals surface area contributed by atoms with Crippen LogP contribution in [0, 0.1) is 12.8 Å². The average molecular weight is 246 g/mol. The minimum absolute atomic E-state index is 0.397. The Morgan fingerprint density at radius 1 is 1.17 bits per heavy atom. The smallest absolute Gasteiger partial charge is 0.0443 e. The Hall–Kier alpha value is -1.44. The van der Waals surface area contributed by atoms with Gasteiger partial charge in [0.05, 0.1) is 0 Å². The van der Waals surface area contributed by atoms with Gasteiger partial charge in [0.15, 0.2) is 0 Å². The number of nitrogen functional groups attached to an aromatic ring is 2. The van der Waals surface area contributed by atoms with Crippen molar-refractivity contribution in [1.29, 1.82) is 0 Å². The van der Waals surface area contributed by atoms with Crippen molar-refractivity contribution in [3.63, 3.8) is 0 Å². The van der Waals surface area contributed by atoms with Crippen LogP contribution in [0.4, 0.5) is 11.4 Å². The Kier molecular flexibility index (Phi) is 4.83. The fourth-order valence-corrected chi connectivity index (χ4v) is 2.58. The number of benzene rings is 1. The number of allylic oxidation sites excluding steroid dienone is 1. The van der Waals surface area contributed by atoms with Crippen LogP contribution in [-0.2, 0) is 0 Å². The molecular formula is C16H26N2. The van der Waals surface area contributed by atoms with Gasteiger partial charge in [-0.25, -0.2) is 0 Å². The molecule has 0 saturated heterocycles. The van der Waals surface area contributed by atoms with E-state index in [2.05, 4.69) is 26.8 Å². The number of rotatable bonds is 4. The number of hydrogen-bond donors (Lipinski definition) is 2. The van der Waals surface area contributed by atoms with E-state index >= 15 is 0 Å². The first-order valence-corrected chi connectivity index (χ1v) is 6.69. The molecule has 4 N–H and O–H groups in total. The topological polar surface area (TPSA) is 52.0 Å². The summed E-state index contributed by atoms with van der Waals surface area (Å²) in [6.07, 6.45) is 5.17. The van der Waals surface area contributed by atoms with Crippen molar-refractivity contribution >= 4 is 17.5 Å². The molecule has 0 amide bonds. The molecule has 2 nitrogen and oxygen atoms in total. The Bertz CT molecular complexity index is 445. The minimum Gasteiger partial charge on any atom is -0.398 e. The van der Waals surface area contributed by atoms with E-state index < -0.39 is 0 Å². The van der Waals surface area contributed by atoms with E-state index in [9.17, 15) is 0 Å². The molecule has 0 aromatic heterocycles. The van der Waals surface area contributed by atoms with Crippen LogP contribution >= 0.6 is 0 Å². The number of anilines is 2. The highest BCUT2D eigenvalue weighted by Gasteiger charge is 2.17. The van der Waals surface area contributed by atoms with Gasteiger partial charge in [-0.1, -0.05) is 32.9 Å². The molecule has 0 aliphatic rings. The Morgan fingerprint density at radius 3 is 2.28 bits per heavy atom. The van der Waals surface area contributed by atoms with Crippen molar-refractivity contribution in [3.8, 4) is 0 Å². The highest BCUT2D eigenvalue weighted by Crippen LogP contribution is 2.37. The molecule has 0 spiro atoms. The van der Waals surface area contributed by atoms with Crippen LogP contribution in [0.25, 0.3) is 6.08 Å². The minimum atomic E-state index is 0.397. The lowest BCUT2D eigenvalue weighted by molar-refractivity contribution is 0.525. The molecule has 1 rings (SSSR count). The monoisotopic (exact) mass is 246 g/mol. The van der Waals surface area contributed by atoms with Crippen molar-refractivity contribution in [1.82, 2.24) is 0 Å². The summed E-state index contributed by atoms with van der Waals surface area (Å²) in [5.41, 5.74) is 17.5. The highest BCUT2D eigenvalue weighted by atomic mass is 14.6. The summed E-state index contributed by atoms with van der Waals surface area (Å²) < 4.78 is 0. The molecule has 0 aliphatic carbocycles. The average Bonchev–Trinajstić information content (AvgIpc) is 2.25. The lowest BCUT2D eigenvalue weighted by Gasteiger charge is -2.21. The second kappa shape index (κ2) is 5.94. The fourth-order valence-electron chi connectivity index (χ4n) is 2.58. The van der Waals surface area contributed by atoms with Crippen LogP contribution in [0.2, 0.25) is 0 Å². The van der Waals surface area contributed by atoms with Gasteiger partial charge in [0.2, 0.25) is 0 Å². The summed E-state index contributed by atoms with van der Waals surface area (Å²) in [5.74, 6) is 1.04. The van der Waals surface area contributed by atoms with Crippen molar-refractivity contribution in [3.05, 3.63) is 28.8 Å². The second-order valence-corrected chi connectivity index (χ2v) is 5.55. The summed E-state index contributed by atoms with van der Waals surface area (Å²) in [6, 6.07) is 2.07. The Morgan fingerprint density at radius 2 is 1.78 bits per heavy atom. The molecule has 100 valence electrons. The van der Waals surface area contributed by atoms with Crippen LogP contribution in [0.15, 0.2) is 12.1 Å². The van der Waals surface area contributed by atoms with Gasteiger partial charge in [-0.05, 0) is 49.3 Å². The standard InChI is InChI=1S/C16H26N2/c1-6-7-13-9-12(5)15(17)14(16(13)18)11(4)8-10(2)3/h6-7,9-11H,8,17-18H2,1-5H3. The van der Waals surface area contributed by atoms with Crippen LogP contribution in [0.3, 0.4) is 0 Å². The molecule has 0 bridgehead atoms. The van der Waals surface area contributed by atoms with Crippen molar-refractivity contribution in [2.24, 2.45) is 5.92 Å². The summed E-state index contributed by atoms with van der Waals surface area (Å²) >= 11 is 0. The molecule has 1 aromatic rings. The van der Waals surface area contributed by atoms with E-state index in [1.165, 1.54) is 0 Å². The molecule has 1 aromatic carbocycles. The van der Waals surface area contributed by atoms with Crippen LogP contribution in [0.5, 0.6) is 0 Å². The lowest BCUT2D eigenvalue weighted by atomic mass is 9.87. The predicted octanol–water partition coefficient (Wildman–Crippen LogP) is 4.34.